The summed E-state index contributed by atoms with van der Waals surface area (Å²) in [6, 6.07) is 4.18. The van der Waals surface area contributed by atoms with E-state index in [0.29, 0.717) is 5.92 Å². The molecule has 2 aromatic heterocycles. The smallest absolute Gasteiger partial charge is 0.141 e. The highest BCUT2D eigenvalue weighted by molar-refractivity contribution is 6.89. The van der Waals surface area contributed by atoms with E-state index < -0.39 is 8.07 Å². The molecule has 0 aliphatic carbocycles. The number of rotatable bonds is 1. The van der Waals surface area contributed by atoms with Crippen LogP contribution in [0.15, 0.2) is 24.5 Å². The predicted molar refractivity (Wildman–Crippen MR) is 76.7 cm³/mol. The average molecular weight is 257 g/mol. The van der Waals surface area contributed by atoms with Gasteiger partial charge in [-0.25, -0.2) is 4.98 Å². The average Bonchev–Trinajstić information content (AvgIpc) is 2.72. The first-order valence-corrected chi connectivity index (χ1v) is 9.73. The van der Waals surface area contributed by atoms with Gasteiger partial charge in [0.2, 0.25) is 0 Å². The van der Waals surface area contributed by atoms with Crippen molar-refractivity contribution >= 4 is 13.4 Å². The first-order chi connectivity index (χ1) is 8.50. The van der Waals surface area contributed by atoms with Crippen LogP contribution in [0.5, 0.6) is 0 Å². The minimum absolute atomic E-state index is 0.522. The van der Waals surface area contributed by atoms with Gasteiger partial charge in [-0.1, -0.05) is 26.9 Å². The maximum atomic E-state index is 4.63. The van der Waals surface area contributed by atoms with Crippen LogP contribution in [0.1, 0.15) is 25.5 Å². The molecule has 2 aromatic rings. The number of hydrogen-bond donors (Lipinski definition) is 0. The van der Waals surface area contributed by atoms with Crippen molar-refractivity contribution in [3.8, 4) is 11.4 Å². The highest BCUT2D eigenvalue weighted by Crippen LogP contribution is 2.29. The lowest BCUT2D eigenvalue weighted by Gasteiger charge is -2.31. The third-order valence-electron chi connectivity index (χ3n) is 3.72. The fourth-order valence-electron chi connectivity index (χ4n) is 2.83. The molecule has 0 unspecified atom stereocenters. The number of aromatic nitrogens is 3. The van der Waals surface area contributed by atoms with E-state index in [0.717, 1.165) is 12.0 Å². The molecular weight excluding hydrogens is 238 g/mol. The molecule has 0 atom stereocenters. The number of nitrogens with zero attached hydrogens (tertiary/aromatic N) is 3. The van der Waals surface area contributed by atoms with Crippen molar-refractivity contribution in [3.63, 3.8) is 0 Å². The molecule has 3 nitrogen and oxygen atoms in total. The summed E-state index contributed by atoms with van der Waals surface area (Å²) in [5.74, 6) is 1.63. The lowest BCUT2D eigenvalue weighted by atomic mass is 10.1. The van der Waals surface area contributed by atoms with Gasteiger partial charge in [-0.3, -0.25) is 4.98 Å². The summed E-state index contributed by atoms with van der Waals surface area (Å²) in [4.78, 5) is 9.26. The molecule has 4 heteroatoms. The van der Waals surface area contributed by atoms with Crippen molar-refractivity contribution < 1.29 is 0 Å². The Morgan fingerprint density at radius 2 is 2.06 bits per heavy atom. The second kappa shape index (κ2) is 3.78. The second-order valence-corrected chi connectivity index (χ2v) is 10.6. The summed E-state index contributed by atoms with van der Waals surface area (Å²) >= 11 is 0. The van der Waals surface area contributed by atoms with E-state index in [-0.39, 0.29) is 0 Å². The Bertz CT molecular complexity index is 599. The van der Waals surface area contributed by atoms with Crippen LogP contribution in [0.25, 0.3) is 11.4 Å². The van der Waals surface area contributed by atoms with Gasteiger partial charge in [0.25, 0.3) is 0 Å². The summed E-state index contributed by atoms with van der Waals surface area (Å²) < 4.78 is 2.42. The van der Waals surface area contributed by atoms with E-state index in [1.807, 2.05) is 18.5 Å². The molecule has 0 bridgehead atoms. The number of pyridine rings is 1. The Hall–Kier alpha value is -1.42. The van der Waals surface area contributed by atoms with Gasteiger partial charge < -0.3 is 4.57 Å². The molecule has 94 valence electrons. The van der Waals surface area contributed by atoms with Gasteiger partial charge in [-0.15, -0.1) is 0 Å². The zero-order chi connectivity index (χ0) is 12.9. The third kappa shape index (κ3) is 1.55. The van der Waals surface area contributed by atoms with Crippen LogP contribution >= 0.6 is 0 Å². The molecule has 1 aliphatic rings. The van der Waals surface area contributed by atoms with Crippen molar-refractivity contribution in [3.05, 3.63) is 30.2 Å². The normalized spacial score (nSPS) is 16.5. The Morgan fingerprint density at radius 1 is 1.28 bits per heavy atom. The molecule has 0 saturated heterocycles. The SMILES string of the molecule is CC(C)c1cnc2n1C[Si](C)(C)c1ncccc1-2. The van der Waals surface area contributed by atoms with E-state index in [2.05, 4.69) is 47.5 Å². The van der Waals surface area contributed by atoms with Gasteiger partial charge in [0.15, 0.2) is 0 Å². The molecule has 0 amide bonds. The maximum absolute atomic E-state index is 4.63. The highest BCUT2D eigenvalue weighted by atomic mass is 28.3. The Labute approximate surface area is 109 Å². The molecule has 0 spiro atoms. The van der Waals surface area contributed by atoms with Gasteiger partial charge in [0, 0.05) is 35.1 Å². The standard InChI is InChI=1S/C14H19N3Si/c1-10(2)12-8-16-13-11-6-5-7-15-14(11)18(3,4)9-17(12)13/h5-8,10H,9H2,1-4H3. The molecule has 3 heterocycles. The van der Waals surface area contributed by atoms with Gasteiger partial charge >= 0.3 is 0 Å². The predicted octanol–water partition coefficient (Wildman–Crippen LogP) is 2.54. The maximum Gasteiger partial charge on any atom is 0.141 e. The summed E-state index contributed by atoms with van der Waals surface area (Å²) in [6.07, 6.45) is 5.04. The van der Waals surface area contributed by atoms with Crippen LogP contribution in [0.4, 0.5) is 0 Å². The van der Waals surface area contributed by atoms with Crippen molar-refractivity contribution in [1.29, 1.82) is 0 Å². The van der Waals surface area contributed by atoms with Gasteiger partial charge in [0.1, 0.15) is 13.9 Å². The topological polar surface area (TPSA) is 30.7 Å². The van der Waals surface area contributed by atoms with E-state index >= 15 is 0 Å². The van der Waals surface area contributed by atoms with Crippen LogP contribution in [0.3, 0.4) is 0 Å². The quantitative estimate of drug-likeness (QED) is 0.735. The van der Waals surface area contributed by atoms with Crippen molar-refractivity contribution in [1.82, 2.24) is 14.5 Å². The van der Waals surface area contributed by atoms with Gasteiger partial charge in [-0.2, -0.15) is 0 Å². The Balaban J connectivity index is 2.27. The molecule has 3 rings (SSSR count). The molecular formula is C14H19N3Si. The minimum atomic E-state index is -1.49. The molecule has 0 N–H and O–H groups in total. The number of fused-ring (bicyclic) bond motifs is 3. The number of hydrogen-bond acceptors (Lipinski definition) is 2. The minimum Gasteiger partial charge on any atom is -0.330 e. The largest absolute Gasteiger partial charge is 0.330 e. The van der Waals surface area contributed by atoms with Crippen LogP contribution in [-0.4, -0.2) is 22.6 Å². The summed E-state index contributed by atoms with van der Waals surface area (Å²) in [6.45, 7) is 9.26. The first kappa shape index (κ1) is 11.7. The van der Waals surface area contributed by atoms with Crippen molar-refractivity contribution in [2.24, 2.45) is 0 Å². The number of imidazole rings is 1. The molecule has 18 heavy (non-hydrogen) atoms. The molecule has 0 aromatic carbocycles. The van der Waals surface area contributed by atoms with E-state index in [4.69, 9.17) is 0 Å². The molecule has 0 radical (unpaired) electrons. The monoisotopic (exact) mass is 257 g/mol. The van der Waals surface area contributed by atoms with Gasteiger partial charge in [0.05, 0.1) is 0 Å². The van der Waals surface area contributed by atoms with Gasteiger partial charge in [-0.05, 0) is 18.1 Å². The van der Waals surface area contributed by atoms with E-state index in [1.54, 1.807) is 0 Å². The van der Waals surface area contributed by atoms with Crippen LogP contribution in [-0.2, 0) is 6.17 Å². The Morgan fingerprint density at radius 3 is 2.78 bits per heavy atom. The Kier molecular flexibility index (Phi) is 2.45. The fraction of sp³-hybridized carbons (Fsp3) is 0.429. The van der Waals surface area contributed by atoms with Crippen molar-refractivity contribution in [2.45, 2.75) is 39.0 Å². The van der Waals surface area contributed by atoms with Crippen LogP contribution in [0, 0.1) is 0 Å². The van der Waals surface area contributed by atoms with E-state index in [1.165, 1.54) is 16.6 Å². The third-order valence-corrected chi connectivity index (χ3v) is 6.51. The second-order valence-electron chi connectivity index (χ2n) is 6.03. The molecule has 1 aliphatic heterocycles. The zero-order valence-corrected chi connectivity index (χ0v) is 12.4. The lowest BCUT2D eigenvalue weighted by molar-refractivity contribution is 0.719. The fourth-order valence-corrected chi connectivity index (χ4v) is 5.45. The molecule has 0 saturated carbocycles. The van der Waals surface area contributed by atoms with Crippen LogP contribution < -0.4 is 5.32 Å². The lowest BCUT2D eigenvalue weighted by Crippen LogP contribution is -2.51. The summed E-state index contributed by atoms with van der Waals surface area (Å²) in [5, 5.41) is 1.30. The first-order valence-electron chi connectivity index (χ1n) is 6.52. The molecule has 0 fully saturated rings. The van der Waals surface area contributed by atoms with Crippen LogP contribution in [0.2, 0.25) is 13.1 Å². The summed E-state index contributed by atoms with van der Waals surface area (Å²) in [5.41, 5.74) is 2.59. The van der Waals surface area contributed by atoms with Crippen molar-refractivity contribution in [2.75, 3.05) is 0 Å². The highest BCUT2D eigenvalue weighted by Gasteiger charge is 2.36. The summed E-state index contributed by atoms with van der Waals surface area (Å²) in [7, 11) is -1.49. The zero-order valence-electron chi connectivity index (χ0n) is 11.4. The van der Waals surface area contributed by atoms with E-state index in [9.17, 15) is 0 Å².